The molecule has 4 heteroatoms. The second-order valence-electron chi connectivity index (χ2n) is 2.98. The zero-order valence-corrected chi connectivity index (χ0v) is 8.14. The van der Waals surface area contributed by atoms with Gasteiger partial charge in [-0.05, 0) is 0 Å². The maximum Gasteiger partial charge on any atom is 0.236 e. The molecule has 0 amide bonds. The van der Waals surface area contributed by atoms with Crippen molar-refractivity contribution >= 4 is 12.6 Å². The predicted octanol–water partition coefficient (Wildman–Crippen LogP) is 0.274. The Hall–Kier alpha value is -0.640. The van der Waals surface area contributed by atoms with Gasteiger partial charge >= 0.3 is 0 Å². The summed E-state index contributed by atoms with van der Waals surface area (Å²) in [6.07, 6.45) is 0. The first kappa shape index (κ1) is 8.46. The summed E-state index contributed by atoms with van der Waals surface area (Å²) in [5.74, 6) is 1.63. The van der Waals surface area contributed by atoms with Gasteiger partial charge in [-0.1, -0.05) is 13.8 Å². The summed E-state index contributed by atoms with van der Waals surface area (Å²) in [7, 11) is 3.87. The molecule has 0 saturated heterocycles. The maximum atomic E-state index is 5.01. The van der Waals surface area contributed by atoms with Crippen LogP contribution in [0.5, 0.6) is 0 Å². The quantitative estimate of drug-likeness (QED) is 0.447. The Balaban J connectivity index is 3.22. The van der Waals surface area contributed by atoms with E-state index in [0.717, 1.165) is 5.82 Å². The summed E-state index contributed by atoms with van der Waals surface area (Å²) in [4.78, 5) is 0. The number of hydrogen-bond acceptors (Lipinski definition) is 2. The van der Waals surface area contributed by atoms with Gasteiger partial charge < -0.3 is 12.6 Å². The van der Waals surface area contributed by atoms with Crippen LogP contribution in [0.25, 0.3) is 0 Å². The predicted molar refractivity (Wildman–Crippen MR) is 44.1 cm³/mol. The van der Waals surface area contributed by atoms with Crippen molar-refractivity contribution in [2.45, 2.75) is 24.9 Å². The number of aromatic nitrogens is 3. The molecule has 0 aromatic carbocycles. The Kier molecular flexibility index (Phi) is 2.13. The second kappa shape index (κ2) is 2.77. The van der Waals surface area contributed by atoms with Crippen molar-refractivity contribution in [3.05, 3.63) is 5.82 Å². The third-order valence-electron chi connectivity index (χ3n) is 1.71. The molecule has 0 saturated carbocycles. The van der Waals surface area contributed by atoms with Gasteiger partial charge in [0.1, 0.15) is 0 Å². The van der Waals surface area contributed by atoms with E-state index >= 15 is 0 Å². The average Bonchev–Trinajstić information content (AvgIpc) is 2.07. The molecule has 0 N–H and O–H groups in total. The van der Waals surface area contributed by atoms with Gasteiger partial charge in [-0.25, -0.2) is 0 Å². The zero-order valence-electron chi connectivity index (χ0n) is 7.33. The molecule has 0 aliphatic rings. The van der Waals surface area contributed by atoms with E-state index in [1.165, 1.54) is 0 Å². The monoisotopic (exact) mass is 171 g/mol. The molecule has 0 fully saturated rings. The number of nitrogens with zero attached hydrogens (tertiary/aromatic N) is 3. The fourth-order valence-electron chi connectivity index (χ4n) is 1.32. The Labute approximate surface area is 72.4 Å². The highest BCUT2D eigenvalue weighted by molar-refractivity contribution is 7.58. The van der Waals surface area contributed by atoms with Gasteiger partial charge in [0.2, 0.25) is 5.82 Å². The first-order valence-corrected chi connectivity index (χ1v) is 4.04. The highest BCUT2D eigenvalue weighted by Gasteiger charge is 2.16. The molecular weight excluding hydrogens is 158 g/mol. The lowest BCUT2D eigenvalue weighted by atomic mass is 10.2. The lowest BCUT2D eigenvalue weighted by molar-refractivity contribution is -0.717. The largest absolute Gasteiger partial charge is 0.703 e. The smallest absolute Gasteiger partial charge is 0.236 e. The van der Waals surface area contributed by atoms with Crippen LogP contribution >= 0.6 is 0 Å². The van der Waals surface area contributed by atoms with E-state index in [1.807, 2.05) is 23.3 Å². The normalized spacial score (nSPS) is 11.0. The summed E-state index contributed by atoms with van der Waals surface area (Å²) in [5, 5.41) is 4.78. The van der Waals surface area contributed by atoms with Crippen LogP contribution in [0.3, 0.4) is 0 Å². The van der Waals surface area contributed by atoms with Crippen LogP contribution < -0.4 is 4.57 Å². The molecule has 1 aromatic heterocycles. The standard InChI is InChI=1S/C7H13N3S/c1-5(2)6-9(3)7(11)8-10(6)4/h5H,1-4H3. The summed E-state index contributed by atoms with van der Waals surface area (Å²) in [5.41, 5.74) is 0. The van der Waals surface area contributed by atoms with Crippen LogP contribution in [0.15, 0.2) is 5.16 Å². The number of hydrogen-bond donors (Lipinski definition) is 0. The molecule has 0 unspecified atom stereocenters. The van der Waals surface area contributed by atoms with Gasteiger partial charge in [0.05, 0.1) is 14.1 Å². The maximum absolute atomic E-state index is 5.01. The Morgan fingerprint density at radius 1 is 1.55 bits per heavy atom. The first-order chi connectivity index (χ1) is 5.04. The van der Waals surface area contributed by atoms with Crippen molar-refractivity contribution in [1.29, 1.82) is 0 Å². The summed E-state index contributed by atoms with van der Waals surface area (Å²) in [6.45, 7) is 4.26. The van der Waals surface area contributed by atoms with E-state index in [-0.39, 0.29) is 0 Å². The highest BCUT2D eigenvalue weighted by Crippen LogP contribution is 2.07. The molecule has 0 atom stereocenters. The van der Waals surface area contributed by atoms with Crippen molar-refractivity contribution in [2.75, 3.05) is 0 Å². The van der Waals surface area contributed by atoms with Crippen molar-refractivity contribution in [1.82, 2.24) is 9.78 Å². The van der Waals surface area contributed by atoms with Gasteiger partial charge in [-0.15, -0.1) is 4.68 Å². The van der Waals surface area contributed by atoms with Crippen LogP contribution in [0.1, 0.15) is 25.6 Å². The van der Waals surface area contributed by atoms with Crippen LogP contribution in [0.4, 0.5) is 0 Å². The van der Waals surface area contributed by atoms with E-state index in [1.54, 1.807) is 0 Å². The van der Waals surface area contributed by atoms with Crippen LogP contribution in [0, 0.1) is 0 Å². The molecule has 11 heavy (non-hydrogen) atoms. The minimum absolute atomic E-state index is 0.467. The minimum Gasteiger partial charge on any atom is -0.703 e. The molecule has 0 spiro atoms. The van der Waals surface area contributed by atoms with Crippen LogP contribution in [0.2, 0.25) is 0 Å². The fourth-order valence-corrected chi connectivity index (χ4v) is 1.54. The van der Waals surface area contributed by atoms with E-state index < -0.39 is 0 Å². The molecular formula is C7H13N3S. The number of aryl methyl sites for hydroxylation is 1. The molecule has 1 aromatic rings. The summed E-state index contributed by atoms with van der Waals surface area (Å²) in [6, 6.07) is 0. The number of rotatable bonds is 1. The molecule has 1 rings (SSSR count). The first-order valence-electron chi connectivity index (χ1n) is 3.64. The topological polar surface area (TPSA) is 21.7 Å². The summed E-state index contributed by atoms with van der Waals surface area (Å²) >= 11 is 5.01. The van der Waals surface area contributed by atoms with Gasteiger partial charge in [-0.3, -0.25) is 4.57 Å². The van der Waals surface area contributed by atoms with Gasteiger partial charge in [0.25, 0.3) is 0 Å². The Morgan fingerprint density at radius 2 is 2.09 bits per heavy atom. The second-order valence-corrected chi connectivity index (χ2v) is 3.34. The molecule has 0 aliphatic heterocycles. The van der Waals surface area contributed by atoms with Crippen molar-refractivity contribution in [3.63, 3.8) is 0 Å². The third kappa shape index (κ3) is 1.35. The van der Waals surface area contributed by atoms with E-state index in [9.17, 15) is 0 Å². The molecule has 0 radical (unpaired) electrons. The molecule has 1 heterocycles. The van der Waals surface area contributed by atoms with Crippen LogP contribution in [-0.4, -0.2) is 9.78 Å². The average molecular weight is 171 g/mol. The molecule has 0 bridgehead atoms. The van der Waals surface area contributed by atoms with Gasteiger partial charge in [0, 0.05) is 11.0 Å². The van der Waals surface area contributed by atoms with Crippen LogP contribution in [-0.2, 0) is 26.7 Å². The summed E-state index contributed by atoms with van der Waals surface area (Å²) < 4.78 is 3.78. The molecule has 3 nitrogen and oxygen atoms in total. The van der Waals surface area contributed by atoms with Gasteiger partial charge in [-0.2, -0.15) is 0 Å². The van der Waals surface area contributed by atoms with Crippen molar-refractivity contribution < 1.29 is 4.57 Å². The molecule has 0 aliphatic carbocycles. The third-order valence-corrected chi connectivity index (χ3v) is 2.07. The van der Waals surface area contributed by atoms with Crippen molar-refractivity contribution in [2.24, 2.45) is 14.1 Å². The Bertz CT molecular complexity index is 265. The Morgan fingerprint density at radius 3 is 2.27 bits per heavy atom. The van der Waals surface area contributed by atoms with Gasteiger partial charge in [0.15, 0.2) is 5.16 Å². The highest BCUT2D eigenvalue weighted by atomic mass is 32.1. The van der Waals surface area contributed by atoms with E-state index in [0.29, 0.717) is 11.1 Å². The lowest BCUT2D eigenvalue weighted by Crippen LogP contribution is -2.35. The minimum atomic E-state index is 0.467. The lowest BCUT2D eigenvalue weighted by Gasteiger charge is -2.02. The zero-order chi connectivity index (χ0) is 8.59. The van der Waals surface area contributed by atoms with E-state index in [2.05, 4.69) is 18.9 Å². The fraction of sp³-hybridized carbons (Fsp3) is 0.714. The van der Waals surface area contributed by atoms with E-state index in [4.69, 9.17) is 12.6 Å². The SMILES string of the molecule is CC(C)c1n(C)nc([S-])[n+]1C. The van der Waals surface area contributed by atoms with Crippen molar-refractivity contribution in [3.8, 4) is 0 Å². The molecule has 62 valence electrons.